The van der Waals surface area contributed by atoms with Crippen LogP contribution in [-0.2, 0) is 25.5 Å². The van der Waals surface area contributed by atoms with Crippen LogP contribution >= 0.6 is 0 Å². The molecule has 2 heterocycles. The Labute approximate surface area is 176 Å². The number of allylic oxidation sites excluding steroid dienone is 2. The first kappa shape index (κ1) is 21.4. The van der Waals surface area contributed by atoms with E-state index in [4.69, 9.17) is 13.9 Å². The second kappa shape index (κ2) is 9.03. The van der Waals surface area contributed by atoms with Crippen LogP contribution in [0.5, 0.6) is 0 Å². The van der Waals surface area contributed by atoms with Crippen LogP contribution < -0.4 is 0 Å². The number of carbonyl (C=O) groups excluding carboxylic acids is 2. The van der Waals surface area contributed by atoms with Gasteiger partial charge in [-0.3, -0.25) is 0 Å². The molecular weight excluding hydrogens is 382 g/mol. The standard InChI is InChI=1S/C24H27NO5/c1-15-6-8-19(9-7-15)22-20(23(26)28-4)16(2)25(12-10-18-11-13-30-14-18)17(3)21(22)24(27)29-5/h6-9,11,13-14,22H,10,12H2,1-5H3. The Bertz CT molecular complexity index is 943. The van der Waals surface area contributed by atoms with Crippen molar-refractivity contribution in [1.29, 1.82) is 0 Å². The van der Waals surface area contributed by atoms with Crippen LogP contribution in [0.4, 0.5) is 0 Å². The highest BCUT2D eigenvalue weighted by molar-refractivity contribution is 5.99. The SMILES string of the molecule is COC(=O)C1=C(C)N(CCc2ccoc2)C(C)=C(C(=O)OC)C1c1ccc(C)cc1. The van der Waals surface area contributed by atoms with Crippen molar-refractivity contribution in [3.05, 3.63) is 82.1 Å². The van der Waals surface area contributed by atoms with Crippen LogP contribution in [0.3, 0.4) is 0 Å². The Morgan fingerprint density at radius 1 is 0.933 bits per heavy atom. The first-order valence-electron chi connectivity index (χ1n) is 9.82. The molecular formula is C24H27NO5. The number of furan rings is 1. The van der Waals surface area contributed by atoms with E-state index in [1.807, 2.05) is 56.0 Å². The molecule has 1 aromatic carbocycles. The lowest BCUT2D eigenvalue weighted by Gasteiger charge is -2.37. The van der Waals surface area contributed by atoms with Gasteiger partial charge >= 0.3 is 11.9 Å². The predicted molar refractivity (Wildman–Crippen MR) is 112 cm³/mol. The van der Waals surface area contributed by atoms with E-state index in [9.17, 15) is 9.59 Å². The fraction of sp³-hybridized carbons (Fsp3) is 0.333. The summed E-state index contributed by atoms with van der Waals surface area (Å²) < 4.78 is 15.4. The summed E-state index contributed by atoms with van der Waals surface area (Å²) in [4.78, 5) is 27.7. The Morgan fingerprint density at radius 2 is 1.50 bits per heavy atom. The van der Waals surface area contributed by atoms with Gasteiger partial charge in [0.15, 0.2) is 0 Å². The Kier molecular flexibility index (Phi) is 6.45. The Balaban J connectivity index is 2.14. The van der Waals surface area contributed by atoms with Gasteiger partial charge in [0.05, 0.1) is 43.8 Å². The predicted octanol–water partition coefficient (Wildman–Crippen LogP) is 4.12. The normalized spacial score (nSPS) is 14.9. The number of benzene rings is 1. The van der Waals surface area contributed by atoms with E-state index in [2.05, 4.69) is 0 Å². The highest BCUT2D eigenvalue weighted by Gasteiger charge is 2.40. The quantitative estimate of drug-likeness (QED) is 0.669. The van der Waals surface area contributed by atoms with Crippen molar-refractivity contribution in [2.45, 2.75) is 33.1 Å². The molecule has 0 N–H and O–H groups in total. The molecule has 0 atom stereocenters. The molecule has 0 amide bonds. The molecule has 0 bridgehead atoms. The number of hydrogen-bond donors (Lipinski definition) is 0. The van der Waals surface area contributed by atoms with E-state index in [0.29, 0.717) is 24.1 Å². The number of esters is 2. The molecule has 0 saturated carbocycles. The summed E-state index contributed by atoms with van der Waals surface area (Å²) in [6.07, 6.45) is 4.02. The minimum absolute atomic E-state index is 0.444. The number of hydrogen-bond acceptors (Lipinski definition) is 6. The van der Waals surface area contributed by atoms with Crippen LogP contribution in [0.1, 0.15) is 36.5 Å². The smallest absolute Gasteiger partial charge is 0.336 e. The highest BCUT2D eigenvalue weighted by atomic mass is 16.5. The van der Waals surface area contributed by atoms with Gasteiger partial charge in [-0.15, -0.1) is 0 Å². The molecule has 0 saturated heterocycles. The molecule has 6 heteroatoms. The number of ether oxygens (including phenoxy) is 2. The third-order valence-corrected chi connectivity index (χ3v) is 5.59. The zero-order valence-electron chi connectivity index (χ0n) is 18.0. The number of carbonyl (C=O) groups is 2. The van der Waals surface area contributed by atoms with Crippen LogP contribution in [0.25, 0.3) is 0 Å². The molecule has 6 nitrogen and oxygen atoms in total. The van der Waals surface area contributed by atoms with Gasteiger partial charge in [-0.1, -0.05) is 29.8 Å². The number of rotatable bonds is 6. The van der Waals surface area contributed by atoms with Gasteiger partial charge in [0.2, 0.25) is 0 Å². The van der Waals surface area contributed by atoms with Crippen molar-refractivity contribution in [3.8, 4) is 0 Å². The molecule has 2 aromatic rings. The molecule has 0 aliphatic carbocycles. The van der Waals surface area contributed by atoms with Gasteiger partial charge in [-0.25, -0.2) is 9.59 Å². The van der Waals surface area contributed by atoms with E-state index >= 15 is 0 Å². The molecule has 0 radical (unpaired) electrons. The van der Waals surface area contributed by atoms with Crippen LogP contribution in [-0.4, -0.2) is 37.6 Å². The molecule has 0 unspecified atom stereocenters. The lowest BCUT2D eigenvalue weighted by atomic mass is 9.79. The van der Waals surface area contributed by atoms with Crippen molar-refractivity contribution >= 4 is 11.9 Å². The van der Waals surface area contributed by atoms with Crippen LogP contribution in [0.2, 0.25) is 0 Å². The second-order valence-corrected chi connectivity index (χ2v) is 7.36. The average molecular weight is 409 g/mol. The van der Waals surface area contributed by atoms with E-state index in [1.165, 1.54) is 14.2 Å². The van der Waals surface area contributed by atoms with E-state index in [-0.39, 0.29) is 0 Å². The maximum absolute atomic E-state index is 12.9. The number of nitrogens with zero attached hydrogens (tertiary/aromatic N) is 1. The highest BCUT2D eigenvalue weighted by Crippen LogP contribution is 2.42. The molecule has 30 heavy (non-hydrogen) atoms. The first-order valence-corrected chi connectivity index (χ1v) is 9.82. The molecule has 1 aromatic heterocycles. The first-order chi connectivity index (χ1) is 14.4. The van der Waals surface area contributed by atoms with Gasteiger partial charge in [-0.2, -0.15) is 0 Å². The topological polar surface area (TPSA) is 69.0 Å². The van der Waals surface area contributed by atoms with Crippen molar-refractivity contribution in [3.63, 3.8) is 0 Å². The molecule has 0 spiro atoms. The number of aryl methyl sites for hydroxylation is 1. The maximum Gasteiger partial charge on any atom is 0.336 e. The molecule has 158 valence electrons. The minimum Gasteiger partial charge on any atom is -0.472 e. The lowest BCUT2D eigenvalue weighted by Crippen LogP contribution is -2.36. The summed E-state index contributed by atoms with van der Waals surface area (Å²) in [5, 5.41) is 0. The zero-order chi connectivity index (χ0) is 21.8. The monoisotopic (exact) mass is 409 g/mol. The summed E-state index contributed by atoms with van der Waals surface area (Å²) in [5.74, 6) is -1.48. The summed E-state index contributed by atoms with van der Waals surface area (Å²) in [6, 6.07) is 9.71. The second-order valence-electron chi connectivity index (χ2n) is 7.36. The van der Waals surface area contributed by atoms with E-state index in [0.717, 1.165) is 28.1 Å². The minimum atomic E-state index is -0.560. The zero-order valence-corrected chi connectivity index (χ0v) is 18.0. The van der Waals surface area contributed by atoms with Crippen molar-refractivity contribution in [2.24, 2.45) is 0 Å². The largest absolute Gasteiger partial charge is 0.472 e. The third-order valence-electron chi connectivity index (χ3n) is 5.59. The van der Waals surface area contributed by atoms with Gasteiger partial charge < -0.3 is 18.8 Å². The Morgan fingerprint density at radius 3 is 1.97 bits per heavy atom. The number of methoxy groups -OCH3 is 2. The van der Waals surface area contributed by atoms with E-state index in [1.54, 1.807) is 12.5 Å². The average Bonchev–Trinajstić information content (AvgIpc) is 3.26. The third kappa shape index (κ3) is 4.03. The van der Waals surface area contributed by atoms with Gasteiger partial charge in [0.25, 0.3) is 0 Å². The van der Waals surface area contributed by atoms with Crippen LogP contribution in [0, 0.1) is 6.92 Å². The van der Waals surface area contributed by atoms with Gasteiger partial charge in [0, 0.05) is 17.9 Å². The molecule has 1 aliphatic rings. The summed E-state index contributed by atoms with van der Waals surface area (Å²) in [7, 11) is 2.71. The molecule has 3 rings (SSSR count). The molecule has 0 fully saturated rings. The van der Waals surface area contributed by atoms with Crippen molar-refractivity contribution in [2.75, 3.05) is 20.8 Å². The van der Waals surface area contributed by atoms with Crippen LogP contribution in [0.15, 0.2) is 69.8 Å². The maximum atomic E-state index is 12.9. The fourth-order valence-electron chi connectivity index (χ4n) is 3.96. The summed E-state index contributed by atoms with van der Waals surface area (Å²) in [6.45, 7) is 6.35. The Hall–Kier alpha value is -3.28. The summed E-state index contributed by atoms with van der Waals surface area (Å²) >= 11 is 0. The van der Waals surface area contributed by atoms with Crippen molar-refractivity contribution in [1.82, 2.24) is 4.90 Å². The molecule has 1 aliphatic heterocycles. The summed E-state index contributed by atoms with van der Waals surface area (Å²) in [5.41, 5.74) is 5.39. The van der Waals surface area contributed by atoms with Gasteiger partial charge in [-0.05, 0) is 44.4 Å². The van der Waals surface area contributed by atoms with E-state index < -0.39 is 17.9 Å². The fourth-order valence-corrected chi connectivity index (χ4v) is 3.96. The van der Waals surface area contributed by atoms with Crippen molar-refractivity contribution < 1.29 is 23.5 Å². The van der Waals surface area contributed by atoms with Gasteiger partial charge in [0.1, 0.15) is 0 Å². The lowest BCUT2D eigenvalue weighted by molar-refractivity contribution is -0.137.